The number of hydrogen-bond acceptors (Lipinski definition) is 5. The first kappa shape index (κ1) is 17.1. The SMILES string of the molecule is CN(CCc1nccs1)C(=O)Nc1cccc(OCC(F)F)n1. The molecule has 0 unspecified atom stereocenters. The number of halogens is 2. The molecule has 0 fully saturated rings. The monoisotopic (exact) mass is 342 g/mol. The maximum absolute atomic E-state index is 12.1. The summed E-state index contributed by atoms with van der Waals surface area (Å²) in [6.45, 7) is -0.237. The van der Waals surface area contributed by atoms with Gasteiger partial charge in [0.15, 0.2) is 6.61 Å². The van der Waals surface area contributed by atoms with E-state index >= 15 is 0 Å². The van der Waals surface area contributed by atoms with Gasteiger partial charge in [0.25, 0.3) is 6.43 Å². The summed E-state index contributed by atoms with van der Waals surface area (Å²) in [5.41, 5.74) is 0. The third-order valence-corrected chi connectivity index (χ3v) is 3.65. The fourth-order valence-electron chi connectivity index (χ4n) is 1.66. The van der Waals surface area contributed by atoms with Crippen LogP contribution in [0.15, 0.2) is 29.8 Å². The van der Waals surface area contributed by atoms with Gasteiger partial charge in [-0.3, -0.25) is 5.32 Å². The van der Waals surface area contributed by atoms with Crippen LogP contribution in [0.1, 0.15) is 5.01 Å². The molecule has 6 nitrogen and oxygen atoms in total. The van der Waals surface area contributed by atoms with Crippen LogP contribution in [0.3, 0.4) is 0 Å². The number of rotatable bonds is 7. The zero-order valence-electron chi connectivity index (χ0n) is 12.4. The maximum atomic E-state index is 12.1. The minimum absolute atomic E-state index is 0.0357. The standard InChI is InChI=1S/C14H16F2N4O2S/c1-20(7-5-13-17-6-8-23-13)14(21)19-11-3-2-4-12(18-11)22-9-10(15)16/h2-4,6,8,10H,5,7,9H2,1H3,(H,18,19,21). The number of thiazole rings is 1. The number of hydrogen-bond donors (Lipinski definition) is 1. The number of nitrogens with zero attached hydrogens (tertiary/aromatic N) is 3. The number of urea groups is 1. The Labute approximate surface area is 136 Å². The summed E-state index contributed by atoms with van der Waals surface area (Å²) in [4.78, 5) is 21.6. The summed E-state index contributed by atoms with van der Waals surface area (Å²) in [5.74, 6) is 0.274. The van der Waals surface area contributed by atoms with Gasteiger partial charge in [-0.1, -0.05) is 6.07 Å². The predicted molar refractivity (Wildman–Crippen MR) is 83.2 cm³/mol. The van der Waals surface area contributed by atoms with Crippen LogP contribution in [0.2, 0.25) is 0 Å². The average Bonchev–Trinajstić information content (AvgIpc) is 3.04. The highest BCUT2D eigenvalue weighted by Crippen LogP contribution is 2.13. The predicted octanol–water partition coefficient (Wildman–Crippen LogP) is 2.89. The van der Waals surface area contributed by atoms with Crippen LogP contribution in [0, 0.1) is 0 Å². The van der Waals surface area contributed by atoms with Crippen molar-refractivity contribution in [1.82, 2.24) is 14.9 Å². The minimum atomic E-state index is -2.58. The largest absolute Gasteiger partial charge is 0.472 e. The lowest BCUT2D eigenvalue weighted by molar-refractivity contribution is 0.0796. The van der Waals surface area contributed by atoms with E-state index < -0.39 is 13.0 Å². The number of likely N-dealkylation sites (N-methyl/N-ethyl adjacent to an activating group) is 1. The molecule has 2 aromatic heterocycles. The van der Waals surface area contributed by atoms with Gasteiger partial charge in [-0.2, -0.15) is 4.98 Å². The van der Waals surface area contributed by atoms with Crippen LogP contribution in [0.4, 0.5) is 19.4 Å². The lowest BCUT2D eigenvalue weighted by Crippen LogP contribution is -2.33. The number of aromatic nitrogens is 2. The van der Waals surface area contributed by atoms with Crippen LogP contribution in [-0.2, 0) is 6.42 Å². The number of nitrogens with one attached hydrogen (secondary N) is 1. The molecule has 0 aliphatic heterocycles. The van der Waals surface area contributed by atoms with E-state index in [0.717, 1.165) is 5.01 Å². The molecule has 1 N–H and O–H groups in total. The average molecular weight is 342 g/mol. The van der Waals surface area contributed by atoms with E-state index in [0.29, 0.717) is 13.0 Å². The van der Waals surface area contributed by atoms with Crippen LogP contribution < -0.4 is 10.1 Å². The number of anilines is 1. The van der Waals surface area contributed by atoms with E-state index in [-0.39, 0.29) is 17.7 Å². The molecule has 0 aliphatic rings. The quantitative estimate of drug-likeness (QED) is 0.840. The van der Waals surface area contributed by atoms with Crippen molar-refractivity contribution in [3.8, 4) is 5.88 Å². The zero-order valence-corrected chi connectivity index (χ0v) is 13.2. The summed E-state index contributed by atoms with van der Waals surface area (Å²) in [5, 5.41) is 5.42. The van der Waals surface area contributed by atoms with Crippen molar-refractivity contribution in [3.05, 3.63) is 34.8 Å². The molecule has 0 saturated carbocycles. The van der Waals surface area contributed by atoms with Gasteiger partial charge in [-0.25, -0.2) is 18.6 Å². The first-order chi connectivity index (χ1) is 11.0. The molecule has 23 heavy (non-hydrogen) atoms. The minimum Gasteiger partial charge on any atom is -0.472 e. The summed E-state index contributed by atoms with van der Waals surface area (Å²) >= 11 is 1.53. The Hall–Kier alpha value is -2.29. The third-order valence-electron chi connectivity index (χ3n) is 2.81. The van der Waals surface area contributed by atoms with E-state index in [2.05, 4.69) is 15.3 Å². The normalized spacial score (nSPS) is 10.6. The second-order valence-electron chi connectivity index (χ2n) is 4.59. The van der Waals surface area contributed by atoms with Crippen molar-refractivity contribution in [2.24, 2.45) is 0 Å². The van der Waals surface area contributed by atoms with Gasteiger partial charge in [-0.15, -0.1) is 11.3 Å². The number of alkyl halides is 2. The van der Waals surface area contributed by atoms with Crippen molar-refractivity contribution in [2.45, 2.75) is 12.8 Å². The number of amides is 2. The molecule has 0 saturated heterocycles. The van der Waals surface area contributed by atoms with Crippen molar-refractivity contribution in [1.29, 1.82) is 0 Å². The van der Waals surface area contributed by atoms with E-state index in [4.69, 9.17) is 4.74 Å². The zero-order chi connectivity index (χ0) is 16.7. The van der Waals surface area contributed by atoms with E-state index in [9.17, 15) is 13.6 Å². The van der Waals surface area contributed by atoms with Gasteiger partial charge < -0.3 is 9.64 Å². The molecule has 2 rings (SSSR count). The highest BCUT2D eigenvalue weighted by molar-refractivity contribution is 7.09. The van der Waals surface area contributed by atoms with Crippen molar-refractivity contribution in [3.63, 3.8) is 0 Å². The Morgan fingerprint density at radius 1 is 1.48 bits per heavy atom. The molecule has 0 bridgehead atoms. The van der Waals surface area contributed by atoms with E-state index in [1.165, 1.54) is 22.3 Å². The molecular weight excluding hydrogens is 326 g/mol. The molecule has 2 aromatic rings. The first-order valence-electron chi connectivity index (χ1n) is 6.83. The van der Waals surface area contributed by atoms with Crippen LogP contribution in [0.25, 0.3) is 0 Å². The molecule has 0 radical (unpaired) electrons. The number of carbonyl (C=O) groups excluding carboxylic acids is 1. The van der Waals surface area contributed by atoms with Crippen molar-refractivity contribution in [2.75, 3.05) is 25.5 Å². The van der Waals surface area contributed by atoms with Gasteiger partial charge in [0.05, 0.1) is 5.01 Å². The summed E-state index contributed by atoms with van der Waals surface area (Å²) in [6, 6.07) is 4.23. The fraction of sp³-hybridized carbons (Fsp3) is 0.357. The number of carbonyl (C=O) groups is 1. The van der Waals surface area contributed by atoms with Gasteiger partial charge >= 0.3 is 6.03 Å². The highest BCUT2D eigenvalue weighted by atomic mass is 32.1. The second-order valence-corrected chi connectivity index (χ2v) is 5.57. The lowest BCUT2D eigenvalue weighted by atomic mass is 10.4. The van der Waals surface area contributed by atoms with Crippen LogP contribution in [0.5, 0.6) is 5.88 Å². The lowest BCUT2D eigenvalue weighted by Gasteiger charge is -2.17. The van der Waals surface area contributed by atoms with Gasteiger partial charge in [0.2, 0.25) is 5.88 Å². The molecule has 2 heterocycles. The summed E-state index contributed by atoms with van der Waals surface area (Å²) in [6.07, 6.45) is -0.200. The molecule has 2 amide bonds. The Balaban J connectivity index is 1.85. The van der Waals surface area contributed by atoms with Gasteiger partial charge in [-0.05, 0) is 6.07 Å². The smallest absolute Gasteiger partial charge is 0.322 e. The maximum Gasteiger partial charge on any atom is 0.322 e. The van der Waals surface area contributed by atoms with E-state index in [1.54, 1.807) is 25.4 Å². The van der Waals surface area contributed by atoms with Gasteiger partial charge in [0.1, 0.15) is 5.82 Å². The molecule has 0 aliphatic carbocycles. The third kappa shape index (κ3) is 5.78. The fourth-order valence-corrected chi connectivity index (χ4v) is 2.27. The highest BCUT2D eigenvalue weighted by Gasteiger charge is 2.11. The molecule has 0 aromatic carbocycles. The Kier molecular flexibility index (Phi) is 6.21. The number of pyridine rings is 1. The Morgan fingerprint density at radius 3 is 3.00 bits per heavy atom. The Morgan fingerprint density at radius 2 is 2.30 bits per heavy atom. The molecule has 0 atom stereocenters. The van der Waals surface area contributed by atoms with Crippen molar-refractivity contribution >= 4 is 23.2 Å². The molecule has 9 heteroatoms. The summed E-state index contributed by atoms with van der Waals surface area (Å²) in [7, 11) is 1.65. The molecular formula is C14H16F2N4O2S. The first-order valence-corrected chi connectivity index (χ1v) is 7.71. The van der Waals surface area contributed by atoms with E-state index in [1.807, 2.05) is 5.38 Å². The molecule has 124 valence electrons. The Bertz CT molecular complexity index is 625. The second kappa shape index (κ2) is 8.37. The number of ether oxygens (including phenoxy) is 1. The topological polar surface area (TPSA) is 67.4 Å². The van der Waals surface area contributed by atoms with Gasteiger partial charge in [0, 0.05) is 37.7 Å². The van der Waals surface area contributed by atoms with Crippen LogP contribution >= 0.6 is 11.3 Å². The van der Waals surface area contributed by atoms with Crippen molar-refractivity contribution < 1.29 is 18.3 Å². The summed E-state index contributed by atoms with van der Waals surface area (Å²) < 4.78 is 29.0. The van der Waals surface area contributed by atoms with Crippen LogP contribution in [-0.4, -0.2) is 47.5 Å². The molecule has 0 spiro atoms.